The van der Waals surface area contributed by atoms with Crippen molar-refractivity contribution in [2.45, 2.75) is 52.2 Å². The summed E-state index contributed by atoms with van der Waals surface area (Å²) in [4.78, 5) is 0. The molecule has 19 heavy (non-hydrogen) atoms. The summed E-state index contributed by atoms with van der Waals surface area (Å²) in [7, 11) is 0. The second kappa shape index (κ2) is 5.91. The van der Waals surface area contributed by atoms with Crippen LogP contribution in [0.3, 0.4) is 0 Å². The Hall–Kier alpha value is -1.09. The fourth-order valence-corrected chi connectivity index (χ4v) is 2.77. The van der Waals surface area contributed by atoms with Gasteiger partial charge in [0.1, 0.15) is 11.6 Å². The molecule has 2 nitrogen and oxygen atoms in total. The Morgan fingerprint density at radius 1 is 1.26 bits per heavy atom. The maximum Gasteiger partial charge on any atom is 0.127 e. The zero-order valence-corrected chi connectivity index (χ0v) is 12.0. The number of ether oxygens (including phenoxy) is 1. The Labute approximate surface area is 115 Å². The van der Waals surface area contributed by atoms with E-state index in [0.29, 0.717) is 11.7 Å². The predicted molar refractivity (Wildman–Crippen MR) is 75.6 cm³/mol. The van der Waals surface area contributed by atoms with Gasteiger partial charge >= 0.3 is 0 Å². The quantitative estimate of drug-likeness (QED) is 0.895. The molecule has 2 N–H and O–H groups in total. The molecule has 4 unspecified atom stereocenters. The van der Waals surface area contributed by atoms with E-state index < -0.39 is 0 Å². The molecule has 1 aliphatic rings. The van der Waals surface area contributed by atoms with Crippen LogP contribution in [0.25, 0.3) is 0 Å². The Balaban J connectivity index is 2.12. The van der Waals surface area contributed by atoms with Crippen LogP contribution in [0.1, 0.15) is 51.6 Å². The molecule has 1 aromatic rings. The average Bonchev–Trinajstić information content (AvgIpc) is 2.33. The fraction of sp³-hybridized carbons (Fsp3) is 0.625. The second-order valence-electron chi connectivity index (χ2n) is 5.98. The van der Waals surface area contributed by atoms with Crippen molar-refractivity contribution in [3.05, 3.63) is 29.6 Å². The van der Waals surface area contributed by atoms with Crippen LogP contribution < -0.4 is 10.5 Å². The largest absolute Gasteiger partial charge is 0.490 e. The summed E-state index contributed by atoms with van der Waals surface area (Å²) in [5, 5.41) is 0. The molecule has 4 atom stereocenters. The van der Waals surface area contributed by atoms with Crippen molar-refractivity contribution < 1.29 is 9.13 Å². The highest BCUT2D eigenvalue weighted by Crippen LogP contribution is 2.34. The zero-order valence-electron chi connectivity index (χ0n) is 12.0. The van der Waals surface area contributed by atoms with Gasteiger partial charge in [0.2, 0.25) is 0 Å². The van der Waals surface area contributed by atoms with Crippen molar-refractivity contribution in [1.29, 1.82) is 0 Å². The minimum Gasteiger partial charge on any atom is -0.490 e. The first-order valence-electron chi connectivity index (χ1n) is 7.19. The number of benzene rings is 1. The van der Waals surface area contributed by atoms with Crippen LogP contribution in [0.2, 0.25) is 0 Å². The van der Waals surface area contributed by atoms with Gasteiger partial charge in [-0.1, -0.05) is 19.9 Å². The predicted octanol–water partition coefficient (Wildman–Crippen LogP) is 4.05. The van der Waals surface area contributed by atoms with Crippen LogP contribution >= 0.6 is 0 Å². The van der Waals surface area contributed by atoms with Gasteiger partial charge in [0.05, 0.1) is 6.10 Å². The number of nitrogens with two attached hydrogens (primary N) is 1. The number of halogens is 1. The van der Waals surface area contributed by atoms with Gasteiger partial charge in [0, 0.05) is 17.7 Å². The smallest absolute Gasteiger partial charge is 0.127 e. The molecule has 1 saturated carbocycles. The van der Waals surface area contributed by atoms with Crippen molar-refractivity contribution >= 4 is 0 Å². The molecule has 2 rings (SSSR count). The molecule has 0 radical (unpaired) electrons. The molecule has 0 heterocycles. The Morgan fingerprint density at radius 2 is 2.00 bits per heavy atom. The number of hydrogen-bond acceptors (Lipinski definition) is 2. The van der Waals surface area contributed by atoms with E-state index in [1.54, 1.807) is 6.07 Å². The van der Waals surface area contributed by atoms with E-state index in [2.05, 4.69) is 13.8 Å². The van der Waals surface area contributed by atoms with Crippen LogP contribution in [0.4, 0.5) is 4.39 Å². The molecular formula is C16H24FNO. The molecule has 0 aromatic heterocycles. The van der Waals surface area contributed by atoms with Gasteiger partial charge in [-0.15, -0.1) is 0 Å². The van der Waals surface area contributed by atoms with E-state index in [9.17, 15) is 4.39 Å². The van der Waals surface area contributed by atoms with Crippen molar-refractivity contribution in [2.24, 2.45) is 17.6 Å². The molecule has 1 fully saturated rings. The van der Waals surface area contributed by atoms with Crippen molar-refractivity contribution in [1.82, 2.24) is 0 Å². The Morgan fingerprint density at radius 3 is 2.63 bits per heavy atom. The lowest BCUT2D eigenvalue weighted by atomic mass is 9.80. The first-order valence-corrected chi connectivity index (χ1v) is 7.19. The minimum atomic E-state index is -0.267. The third-order valence-corrected chi connectivity index (χ3v) is 4.31. The third kappa shape index (κ3) is 3.47. The molecule has 3 heteroatoms. The molecule has 0 amide bonds. The van der Waals surface area contributed by atoms with Crippen LogP contribution in [0, 0.1) is 17.7 Å². The highest BCUT2D eigenvalue weighted by Gasteiger charge is 2.26. The molecule has 0 bridgehead atoms. The first kappa shape index (κ1) is 14.3. The van der Waals surface area contributed by atoms with Crippen LogP contribution in [0.5, 0.6) is 5.75 Å². The van der Waals surface area contributed by atoms with Gasteiger partial charge < -0.3 is 10.5 Å². The Kier molecular flexibility index (Phi) is 4.46. The summed E-state index contributed by atoms with van der Waals surface area (Å²) in [6, 6.07) is 4.48. The average molecular weight is 265 g/mol. The fourth-order valence-electron chi connectivity index (χ4n) is 2.77. The summed E-state index contributed by atoms with van der Waals surface area (Å²) >= 11 is 0. The highest BCUT2D eigenvalue weighted by atomic mass is 19.1. The molecule has 0 aliphatic heterocycles. The summed E-state index contributed by atoms with van der Waals surface area (Å²) in [6.45, 7) is 6.44. The summed E-state index contributed by atoms with van der Waals surface area (Å²) in [5.74, 6) is 1.75. The van der Waals surface area contributed by atoms with E-state index >= 15 is 0 Å². The summed E-state index contributed by atoms with van der Waals surface area (Å²) < 4.78 is 19.4. The van der Waals surface area contributed by atoms with E-state index in [0.717, 1.165) is 24.3 Å². The van der Waals surface area contributed by atoms with E-state index in [1.165, 1.54) is 18.6 Å². The maximum atomic E-state index is 13.4. The highest BCUT2D eigenvalue weighted by molar-refractivity contribution is 5.36. The summed E-state index contributed by atoms with van der Waals surface area (Å²) in [6.07, 6.45) is 3.44. The van der Waals surface area contributed by atoms with Gasteiger partial charge in [-0.25, -0.2) is 4.39 Å². The normalized spacial score (nSPS) is 29.0. The second-order valence-corrected chi connectivity index (χ2v) is 5.98. The topological polar surface area (TPSA) is 35.2 Å². The molecule has 106 valence electrons. The van der Waals surface area contributed by atoms with E-state index in [1.807, 2.05) is 6.92 Å². The minimum absolute atomic E-state index is 0.143. The van der Waals surface area contributed by atoms with E-state index in [4.69, 9.17) is 10.5 Å². The third-order valence-electron chi connectivity index (χ3n) is 4.31. The van der Waals surface area contributed by atoms with Gasteiger partial charge in [-0.3, -0.25) is 0 Å². The van der Waals surface area contributed by atoms with Gasteiger partial charge in [0.15, 0.2) is 0 Å². The number of rotatable bonds is 3. The SMILES string of the molecule is CC(N)c1ccc(F)cc1OC1CCC(C)C(C)C1. The number of hydrogen-bond donors (Lipinski definition) is 1. The van der Waals surface area contributed by atoms with Gasteiger partial charge in [-0.2, -0.15) is 0 Å². The molecule has 1 aliphatic carbocycles. The lowest BCUT2D eigenvalue weighted by Gasteiger charge is -2.33. The van der Waals surface area contributed by atoms with Gasteiger partial charge in [0.25, 0.3) is 0 Å². The zero-order chi connectivity index (χ0) is 14.0. The maximum absolute atomic E-state index is 13.4. The first-order chi connectivity index (χ1) is 8.97. The van der Waals surface area contributed by atoms with Crippen LogP contribution in [0.15, 0.2) is 18.2 Å². The van der Waals surface area contributed by atoms with E-state index in [-0.39, 0.29) is 18.0 Å². The molecule has 1 aromatic carbocycles. The molecule has 0 spiro atoms. The Bertz CT molecular complexity index is 433. The standard InChI is InChI=1S/C16H24FNO/c1-10-4-6-14(8-11(10)2)19-16-9-13(17)5-7-15(16)12(3)18/h5,7,9-12,14H,4,6,8,18H2,1-3H3. The van der Waals surface area contributed by atoms with Crippen molar-refractivity contribution in [3.63, 3.8) is 0 Å². The lowest BCUT2D eigenvalue weighted by molar-refractivity contribution is 0.0991. The van der Waals surface area contributed by atoms with Crippen molar-refractivity contribution in [3.8, 4) is 5.75 Å². The monoisotopic (exact) mass is 265 g/mol. The molecular weight excluding hydrogens is 241 g/mol. The van der Waals surface area contributed by atoms with Crippen LogP contribution in [-0.2, 0) is 0 Å². The van der Waals surface area contributed by atoms with Gasteiger partial charge in [-0.05, 0) is 44.1 Å². The lowest BCUT2D eigenvalue weighted by Crippen LogP contribution is -2.29. The summed E-state index contributed by atoms with van der Waals surface area (Å²) in [5.41, 5.74) is 6.80. The van der Waals surface area contributed by atoms with Crippen molar-refractivity contribution in [2.75, 3.05) is 0 Å². The molecule has 0 saturated heterocycles. The van der Waals surface area contributed by atoms with Crippen LogP contribution in [-0.4, -0.2) is 6.10 Å².